The van der Waals surface area contributed by atoms with Gasteiger partial charge in [-0.25, -0.2) is 4.39 Å². The van der Waals surface area contributed by atoms with Crippen molar-refractivity contribution in [3.63, 3.8) is 0 Å². The lowest BCUT2D eigenvalue weighted by atomic mass is 10.2. The molecule has 0 fully saturated rings. The second kappa shape index (κ2) is 5.30. The van der Waals surface area contributed by atoms with Crippen molar-refractivity contribution in [2.45, 2.75) is 13.8 Å². The second-order valence-electron chi connectivity index (χ2n) is 3.66. The number of halogens is 1. The maximum Gasteiger partial charge on any atom is 0.254 e. The fourth-order valence-corrected chi connectivity index (χ4v) is 1.13. The molecule has 16 heavy (non-hydrogen) atoms. The van der Waals surface area contributed by atoms with Gasteiger partial charge in [0.05, 0.1) is 5.56 Å². The quantitative estimate of drug-likeness (QED) is 0.772. The standard InChI is InChI=1S/C12H14FNO2/c1-8(2)5-6-14-12(16)10-4-3-9(15)7-11(10)13/h3-5,7,15H,6H2,1-2H3,(H,14,16). The summed E-state index contributed by atoms with van der Waals surface area (Å²) in [5.41, 5.74) is 1.01. The molecule has 0 aliphatic heterocycles. The van der Waals surface area contributed by atoms with Gasteiger partial charge in [0.1, 0.15) is 11.6 Å². The number of phenolic OH excluding ortho intramolecular Hbond substituents is 1. The zero-order chi connectivity index (χ0) is 12.1. The molecule has 4 heteroatoms. The van der Waals surface area contributed by atoms with Crippen LogP contribution in [0.25, 0.3) is 0 Å². The summed E-state index contributed by atoms with van der Waals surface area (Å²) in [6, 6.07) is 3.44. The molecule has 0 spiro atoms. The van der Waals surface area contributed by atoms with Gasteiger partial charge in [-0.2, -0.15) is 0 Å². The summed E-state index contributed by atoms with van der Waals surface area (Å²) in [4.78, 5) is 11.5. The van der Waals surface area contributed by atoms with E-state index >= 15 is 0 Å². The van der Waals surface area contributed by atoms with Gasteiger partial charge in [-0.3, -0.25) is 4.79 Å². The van der Waals surface area contributed by atoms with E-state index in [2.05, 4.69) is 5.32 Å². The highest BCUT2D eigenvalue weighted by molar-refractivity contribution is 5.94. The molecule has 0 saturated carbocycles. The van der Waals surface area contributed by atoms with Crippen molar-refractivity contribution >= 4 is 5.91 Å². The molecular formula is C12H14FNO2. The summed E-state index contributed by atoms with van der Waals surface area (Å²) in [5.74, 6) is -1.41. The lowest BCUT2D eigenvalue weighted by molar-refractivity contribution is 0.0954. The Morgan fingerprint density at radius 2 is 2.19 bits per heavy atom. The number of nitrogens with one attached hydrogen (secondary N) is 1. The highest BCUT2D eigenvalue weighted by Crippen LogP contribution is 2.14. The van der Waals surface area contributed by atoms with E-state index in [9.17, 15) is 9.18 Å². The minimum atomic E-state index is -0.727. The van der Waals surface area contributed by atoms with Gasteiger partial charge in [0.2, 0.25) is 0 Å². The topological polar surface area (TPSA) is 49.3 Å². The van der Waals surface area contributed by atoms with E-state index in [1.54, 1.807) is 0 Å². The summed E-state index contributed by atoms with van der Waals surface area (Å²) in [7, 11) is 0. The van der Waals surface area contributed by atoms with Crippen LogP contribution in [0.15, 0.2) is 29.8 Å². The number of benzene rings is 1. The van der Waals surface area contributed by atoms with E-state index in [0.29, 0.717) is 6.54 Å². The minimum Gasteiger partial charge on any atom is -0.508 e. The number of hydrogen-bond acceptors (Lipinski definition) is 2. The Morgan fingerprint density at radius 1 is 1.50 bits per heavy atom. The van der Waals surface area contributed by atoms with E-state index in [0.717, 1.165) is 11.6 Å². The van der Waals surface area contributed by atoms with Gasteiger partial charge < -0.3 is 10.4 Å². The highest BCUT2D eigenvalue weighted by atomic mass is 19.1. The van der Waals surface area contributed by atoms with Crippen molar-refractivity contribution in [2.75, 3.05) is 6.54 Å². The molecule has 0 unspecified atom stereocenters. The van der Waals surface area contributed by atoms with Crippen LogP contribution in [-0.2, 0) is 0 Å². The molecule has 0 atom stereocenters. The van der Waals surface area contributed by atoms with Crippen LogP contribution < -0.4 is 5.32 Å². The van der Waals surface area contributed by atoms with E-state index in [1.807, 2.05) is 19.9 Å². The van der Waals surface area contributed by atoms with Gasteiger partial charge in [0, 0.05) is 12.6 Å². The summed E-state index contributed by atoms with van der Waals surface area (Å²) in [6.07, 6.45) is 1.83. The number of hydrogen-bond donors (Lipinski definition) is 2. The molecule has 0 bridgehead atoms. The van der Waals surface area contributed by atoms with Crippen LogP contribution in [0.3, 0.4) is 0 Å². The van der Waals surface area contributed by atoms with Crippen LogP contribution in [-0.4, -0.2) is 17.6 Å². The third-order valence-corrected chi connectivity index (χ3v) is 1.97. The molecule has 3 nitrogen and oxygen atoms in total. The first-order chi connectivity index (χ1) is 7.50. The van der Waals surface area contributed by atoms with E-state index < -0.39 is 11.7 Å². The average Bonchev–Trinajstić information content (AvgIpc) is 2.16. The van der Waals surface area contributed by atoms with E-state index in [1.165, 1.54) is 12.1 Å². The maximum atomic E-state index is 13.3. The number of phenols is 1. The Bertz CT molecular complexity index is 423. The van der Waals surface area contributed by atoms with Gasteiger partial charge in [0.15, 0.2) is 0 Å². The fourth-order valence-electron chi connectivity index (χ4n) is 1.13. The predicted molar refractivity (Wildman–Crippen MR) is 59.8 cm³/mol. The normalized spacial score (nSPS) is 9.69. The zero-order valence-electron chi connectivity index (χ0n) is 9.25. The van der Waals surface area contributed by atoms with Gasteiger partial charge in [0.25, 0.3) is 5.91 Å². The number of rotatable bonds is 3. The van der Waals surface area contributed by atoms with Crippen molar-refractivity contribution < 1.29 is 14.3 Å². The molecule has 0 radical (unpaired) electrons. The third-order valence-electron chi connectivity index (χ3n) is 1.97. The number of carbonyl (C=O) groups is 1. The van der Waals surface area contributed by atoms with Crippen LogP contribution in [0.4, 0.5) is 4.39 Å². The monoisotopic (exact) mass is 223 g/mol. The van der Waals surface area contributed by atoms with Crippen LogP contribution in [0.5, 0.6) is 5.75 Å². The summed E-state index contributed by atoms with van der Waals surface area (Å²) >= 11 is 0. The fraction of sp³-hybridized carbons (Fsp3) is 0.250. The summed E-state index contributed by atoms with van der Waals surface area (Å²) in [6.45, 7) is 4.18. The largest absolute Gasteiger partial charge is 0.508 e. The minimum absolute atomic E-state index is 0.0695. The first-order valence-electron chi connectivity index (χ1n) is 4.91. The third kappa shape index (κ3) is 3.38. The van der Waals surface area contributed by atoms with E-state index in [-0.39, 0.29) is 11.3 Å². The molecule has 0 aliphatic rings. The molecule has 1 aromatic carbocycles. The Labute approximate surface area is 93.6 Å². The van der Waals surface area contributed by atoms with Crippen molar-refractivity contribution in [3.8, 4) is 5.75 Å². The number of allylic oxidation sites excluding steroid dienone is 1. The van der Waals surface area contributed by atoms with Crippen molar-refractivity contribution in [1.82, 2.24) is 5.32 Å². The highest BCUT2D eigenvalue weighted by Gasteiger charge is 2.10. The SMILES string of the molecule is CC(C)=CCNC(=O)c1ccc(O)cc1F. The Morgan fingerprint density at radius 3 is 2.75 bits per heavy atom. The molecular weight excluding hydrogens is 209 g/mol. The molecule has 0 aliphatic carbocycles. The van der Waals surface area contributed by atoms with Crippen LogP contribution >= 0.6 is 0 Å². The average molecular weight is 223 g/mol. The Hall–Kier alpha value is -1.84. The molecule has 0 heterocycles. The van der Waals surface area contributed by atoms with Crippen molar-refractivity contribution in [1.29, 1.82) is 0 Å². The smallest absolute Gasteiger partial charge is 0.254 e. The van der Waals surface area contributed by atoms with Crippen LogP contribution in [0.2, 0.25) is 0 Å². The second-order valence-corrected chi connectivity index (χ2v) is 3.66. The number of amides is 1. The predicted octanol–water partition coefficient (Wildman–Crippen LogP) is 2.23. The molecule has 1 aromatic rings. The lowest BCUT2D eigenvalue weighted by Gasteiger charge is -2.04. The van der Waals surface area contributed by atoms with Gasteiger partial charge in [-0.1, -0.05) is 11.6 Å². The van der Waals surface area contributed by atoms with Gasteiger partial charge in [-0.05, 0) is 26.0 Å². The molecule has 2 N–H and O–H groups in total. The Balaban J connectivity index is 2.70. The summed E-state index contributed by atoms with van der Waals surface area (Å²) < 4.78 is 13.3. The molecule has 86 valence electrons. The van der Waals surface area contributed by atoms with Crippen LogP contribution in [0, 0.1) is 5.82 Å². The molecule has 1 amide bonds. The number of carbonyl (C=O) groups excluding carboxylic acids is 1. The van der Waals surface area contributed by atoms with Gasteiger partial charge in [-0.15, -0.1) is 0 Å². The first-order valence-corrected chi connectivity index (χ1v) is 4.91. The molecule has 0 aromatic heterocycles. The summed E-state index contributed by atoms with van der Waals surface area (Å²) in [5, 5.41) is 11.5. The zero-order valence-corrected chi connectivity index (χ0v) is 9.25. The van der Waals surface area contributed by atoms with Crippen molar-refractivity contribution in [2.24, 2.45) is 0 Å². The lowest BCUT2D eigenvalue weighted by Crippen LogP contribution is -2.24. The number of aromatic hydroxyl groups is 1. The molecule has 0 saturated heterocycles. The first kappa shape index (κ1) is 12.2. The van der Waals surface area contributed by atoms with Gasteiger partial charge >= 0.3 is 0 Å². The Kier molecular flexibility index (Phi) is 4.05. The molecule has 1 rings (SSSR count). The van der Waals surface area contributed by atoms with Crippen LogP contribution in [0.1, 0.15) is 24.2 Å². The maximum absolute atomic E-state index is 13.3. The van der Waals surface area contributed by atoms with E-state index in [4.69, 9.17) is 5.11 Å². The van der Waals surface area contributed by atoms with Crippen molar-refractivity contribution in [3.05, 3.63) is 41.2 Å².